The van der Waals surface area contributed by atoms with E-state index in [1.165, 1.54) is 0 Å². The molecule has 20 heavy (non-hydrogen) atoms. The topological polar surface area (TPSA) is 43.4 Å². The Morgan fingerprint density at radius 1 is 1.05 bits per heavy atom. The van der Waals surface area contributed by atoms with E-state index in [-0.39, 0.29) is 11.8 Å². The van der Waals surface area contributed by atoms with Gasteiger partial charge in [0.1, 0.15) is 0 Å². The van der Waals surface area contributed by atoms with Crippen LogP contribution in [0.25, 0.3) is 0 Å². The van der Waals surface area contributed by atoms with Crippen molar-refractivity contribution in [3.8, 4) is 0 Å². The van der Waals surface area contributed by atoms with Crippen LogP contribution in [0, 0.1) is 0 Å². The lowest BCUT2D eigenvalue weighted by molar-refractivity contribution is -0.132. The van der Waals surface area contributed by atoms with E-state index < -0.39 is 0 Å². The van der Waals surface area contributed by atoms with E-state index in [9.17, 15) is 9.59 Å². The summed E-state index contributed by atoms with van der Waals surface area (Å²) in [6, 6.07) is 9.83. The van der Waals surface area contributed by atoms with Crippen LogP contribution in [0.15, 0.2) is 65.8 Å². The zero-order valence-electron chi connectivity index (χ0n) is 10.7. The maximum Gasteiger partial charge on any atom is 0.317 e. The fourth-order valence-electron chi connectivity index (χ4n) is 1.87. The van der Waals surface area contributed by atoms with Crippen LogP contribution in [0.3, 0.4) is 0 Å². The number of hydrogen-bond donors (Lipinski definition) is 0. The minimum absolute atomic E-state index is 0.185. The Morgan fingerprint density at radius 2 is 1.65 bits per heavy atom. The molecular weight excluding hydrogens is 320 g/mol. The van der Waals surface area contributed by atoms with Crippen LogP contribution in [0.4, 0.5) is 0 Å². The van der Waals surface area contributed by atoms with E-state index in [4.69, 9.17) is 0 Å². The third kappa shape index (κ3) is 3.78. The van der Waals surface area contributed by atoms with Gasteiger partial charge in [0.05, 0.1) is 6.42 Å². The lowest BCUT2D eigenvalue weighted by Crippen LogP contribution is -1.98. The molecule has 0 heterocycles. The smallest absolute Gasteiger partial charge is 0.317 e. The SMILES string of the molecule is O=C(CCc1ccccc1)OBr.O=C1C2=CC=C1C=C2. The van der Waals surface area contributed by atoms with Gasteiger partial charge in [0, 0.05) is 11.1 Å². The number of carbonyl (C=O) groups excluding carboxylic acids is 2. The van der Waals surface area contributed by atoms with E-state index >= 15 is 0 Å². The fourth-order valence-corrected chi connectivity index (χ4v) is 2.03. The van der Waals surface area contributed by atoms with Crippen molar-refractivity contribution in [2.24, 2.45) is 0 Å². The van der Waals surface area contributed by atoms with Crippen molar-refractivity contribution in [2.45, 2.75) is 12.8 Å². The molecule has 0 fully saturated rings. The molecule has 1 aromatic rings. The van der Waals surface area contributed by atoms with Crippen LogP contribution in [-0.2, 0) is 19.8 Å². The van der Waals surface area contributed by atoms with Crippen LogP contribution >= 0.6 is 16.3 Å². The summed E-state index contributed by atoms with van der Waals surface area (Å²) in [5.41, 5.74) is 2.82. The van der Waals surface area contributed by atoms with Gasteiger partial charge in [0.25, 0.3) is 0 Å². The highest BCUT2D eigenvalue weighted by molar-refractivity contribution is 9.06. The van der Waals surface area contributed by atoms with Crippen molar-refractivity contribution >= 4 is 28.0 Å². The third-order valence-electron chi connectivity index (χ3n) is 2.96. The molecule has 3 nitrogen and oxygen atoms in total. The van der Waals surface area contributed by atoms with E-state index in [1.807, 2.05) is 54.6 Å². The maximum absolute atomic E-state index is 10.8. The first-order chi connectivity index (χ1) is 9.70. The number of carbonyl (C=O) groups is 2. The lowest BCUT2D eigenvalue weighted by Gasteiger charge is -1.97. The van der Waals surface area contributed by atoms with Crippen LogP contribution in [0.5, 0.6) is 0 Å². The molecule has 102 valence electrons. The second-order valence-electron chi connectivity index (χ2n) is 4.34. The molecule has 0 saturated carbocycles. The van der Waals surface area contributed by atoms with Crippen molar-refractivity contribution in [2.75, 3.05) is 0 Å². The zero-order chi connectivity index (χ0) is 14.4. The number of allylic oxidation sites excluding steroid dienone is 6. The number of rotatable bonds is 3. The number of hydrogen-bond acceptors (Lipinski definition) is 3. The van der Waals surface area contributed by atoms with E-state index in [0.29, 0.717) is 6.42 Å². The van der Waals surface area contributed by atoms with E-state index in [0.717, 1.165) is 23.1 Å². The molecule has 2 aliphatic carbocycles. The van der Waals surface area contributed by atoms with Gasteiger partial charge < -0.3 is 3.83 Å². The average molecular weight is 333 g/mol. The summed E-state index contributed by atoms with van der Waals surface area (Å²) in [6.45, 7) is 0. The summed E-state index contributed by atoms with van der Waals surface area (Å²) in [7, 11) is 0. The summed E-state index contributed by atoms with van der Waals surface area (Å²) >= 11 is 2.64. The highest BCUT2D eigenvalue weighted by Crippen LogP contribution is 2.23. The van der Waals surface area contributed by atoms with E-state index in [2.05, 4.69) is 20.1 Å². The number of fused-ring (bicyclic) bond motifs is 2. The normalized spacial score (nSPS) is 14.3. The molecule has 0 unspecified atom stereocenters. The molecule has 0 aliphatic heterocycles. The Labute approximate surface area is 126 Å². The second kappa shape index (κ2) is 7.01. The summed E-state index contributed by atoms with van der Waals surface area (Å²) in [4.78, 5) is 21.5. The van der Waals surface area contributed by atoms with Crippen LogP contribution in [0.1, 0.15) is 12.0 Å². The molecule has 0 aromatic heterocycles. The number of halogens is 1. The number of ketones is 1. The Morgan fingerprint density at radius 3 is 2.05 bits per heavy atom. The second-order valence-corrected chi connectivity index (χ2v) is 4.66. The quantitative estimate of drug-likeness (QED) is 0.851. The largest absolute Gasteiger partial charge is 0.384 e. The standard InChI is InChI=1S/C9H9BrO2.C7H4O/c10-12-9(11)7-6-8-4-2-1-3-5-8;8-7-5-1-2-6(7)4-3-5/h1-5H,6-7H2;1-4H. The minimum Gasteiger partial charge on any atom is -0.384 e. The lowest BCUT2D eigenvalue weighted by atomic mass is 10.1. The Bertz CT molecular complexity index is 573. The van der Waals surface area contributed by atoms with Crippen LogP contribution in [0.2, 0.25) is 0 Å². The number of benzene rings is 1. The summed E-state index contributed by atoms with van der Waals surface area (Å²) in [6.07, 6.45) is 8.52. The van der Waals surface area contributed by atoms with Gasteiger partial charge >= 0.3 is 5.97 Å². The van der Waals surface area contributed by atoms with Crippen LogP contribution in [-0.4, -0.2) is 11.8 Å². The highest BCUT2D eigenvalue weighted by atomic mass is 79.9. The molecule has 3 rings (SSSR count). The Balaban J connectivity index is 0.000000157. The molecule has 0 atom stereocenters. The molecule has 2 bridgehead atoms. The molecule has 0 amide bonds. The van der Waals surface area contributed by atoms with Crippen LogP contribution < -0.4 is 0 Å². The molecule has 2 aliphatic rings. The molecule has 1 aromatic carbocycles. The first kappa shape index (κ1) is 14.5. The molecule has 0 spiro atoms. The Kier molecular flexibility index (Phi) is 5.07. The van der Waals surface area contributed by atoms with Gasteiger partial charge in [-0.3, -0.25) is 9.59 Å². The van der Waals surface area contributed by atoms with Gasteiger partial charge in [0.2, 0.25) is 0 Å². The highest BCUT2D eigenvalue weighted by Gasteiger charge is 2.19. The van der Waals surface area contributed by atoms with Gasteiger partial charge in [0.15, 0.2) is 22.0 Å². The molecule has 0 N–H and O–H groups in total. The van der Waals surface area contributed by atoms with E-state index in [1.54, 1.807) is 0 Å². The summed E-state index contributed by atoms with van der Waals surface area (Å²) in [5.74, 6) is -0.0520. The minimum atomic E-state index is -0.237. The van der Waals surface area contributed by atoms with Gasteiger partial charge in [-0.15, -0.1) is 0 Å². The maximum atomic E-state index is 10.8. The van der Waals surface area contributed by atoms with Crippen molar-refractivity contribution in [3.63, 3.8) is 0 Å². The van der Waals surface area contributed by atoms with Crippen molar-refractivity contribution in [1.29, 1.82) is 0 Å². The van der Waals surface area contributed by atoms with Crippen molar-refractivity contribution in [3.05, 3.63) is 71.3 Å². The third-order valence-corrected chi connectivity index (χ3v) is 3.32. The number of aryl methyl sites for hydroxylation is 1. The summed E-state index contributed by atoms with van der Waals surface area (Å²) in [5, 5.41) is 0. The number of Topliss-reactive ketones (excluding diaryl/α,β-unsaturated/α-hetero) is 1. The van der Waals surface area contributed by atoms with Gasteiger partial charge in [-0.05, 0) is 12.0 Å². The van der Waals surface area contributed by atoms with Gasteiger partial charge in [-0.2, -0.15) is 0 Å². The first-order valence-electron chi connectivity index (χ1n) is 6.21. The fraction of sp³-hybridized carbons (Fsp3) is 0.125. The van der Waals surface area contributed by atoms with Crippen molar-refractivity contribution in [1.82, 2.24) is 0 Å². The van der Waals surface area contributed by atoms with Gasteiger partial charge in [-0.25, -0.2) is 0 Å². The van der Waals surface area contributed by atoms with Crippen molar-refractivity contribution < 1.29 is 13.4 Å². The monoisotopic (exact) mass is 332 g/mol. The average Bonchev–Trinajstić information content (AvgIpc) is 3.04. The first-order valence-corrected chi connectivity index (χ1v) is 6.85. The predicted octanol–water partition coefficient (Wildman–Crippen LogP) is 3.46. The molecular formula is C16H13BrO3. The molecule has 0 radical (unpaired) electrons. The summed E-state index contributed by atoms with van der Waals surface area (Å²) < 4.78 is 4.35. The molecule has 4 heteroatoms. The predicted molar refractivity (Wildman–Crippen MR) is 80.1 cm³/mol. The van der Waals surface area contributed by atoms with Gasteiger partial charge in [-0.1, -0.05) is 54.6 Å². The Hall–Kier alpha value is -1.94. The molecule has 0 saturated heterocycles. The zero-order valence-corrected chi connectivity index (χ0v) is 12.3.